The Morgan fingerprint density at radius 3 is 1.01 bits per heavy atom. The fourth-order valence-corrected chi connectivity index (χ4v) is 14.3. The average Bonchev–Trinajstić information content (AvgIpc) is 1.21. The van der Waals surface area contributed by atoms with E-state index >= 15 is 0 Å². The third-order valence-electron chi connectivity index (χ3n) is 16.6. The summed E-state index contributed by atoms with van der Waals surface area (Å²) in [6.07, 6.45) is 28.2. The predicted octanol–water partition coefficient (Wildman–Crippen LogP) is 16.1. The van der Waals surface area contributed by atoms with Crippen molar-refractivity contribution in [3.05, 3.63) is 144 Å². The maximum atomic E-state index is 13.0. The molecule has 15 nitrogen and oxygen atoms in total. The number of aliphatic hydroxyl groups is 1. The summed E-state index contributed by atoms with van der Waals surface area (Å²) < 4.78 is 59.0. The monoisotopic (exact) mass is 1310 g/mol. The van der Waals surface area contributed by atoms with E-state index < -0.39 is 18.9 Å². The second-order valence-electron chi connectivity index (χ2n) is 24.0. The zero-order valence-corrected chi connectivity index (χ0v) is 57.4. The highest BCUT2D eigenvalue weighted by Gasteiger charge is 2.35. The first-order valence-corrected chi connectivity index (χ1v) is 36.9. The Morgan fingerprint density at radius 2 is 0.670 bits per heavy atom. The van der Waals surface area contributed by atoms with E-state index in [2.05, 4.69) is 0 Å². The molecule has 6 aromatic carbocycles. The van der Waals surface area contributed by atoms with Crippen LogP contribution in [0, 0.1) is 0 Å². The molecule has 2 aliphatic rings. The highest BCUT2D eigenvalue weighted by atomic mass is 35.7. The molecular weight excluding hydrogens is 1210 g/mol. The van der Waals surface area contributed by atoms with Gasteiger partial charge in [0.05, 0.1) is 37.8 Å². The fraction of sp³-hybridized carbons (Fsp3) is 0.507. The molecule has 0 aromatic heterocycles. The first-order valence-electron chi connectivity index (χ1n) is 32.9. The number of amides is 4. The van der Waals surface area contributed by atoms with E-state index in [9.17, 15) is 36.0 Å². The number of benzene rings is 6. The minimum Gasteiger partial charge on any atom is -0.396 e. The van der Waals surface area contributed by atoms with Crippen LogP contribution in [-0.4, -0.2) is 136 Å². The highest BCUT2D eigenvalue weighted by Crippen LogP contribution is 2.33. The van der Waals surface area contributed by atoms with Crippen molar-refractivity contribution >= 4 is 86.1 Å². The van der Waals surface area contributed by atoms with E-state index in [1.807, 2.05) is 86.5 Å². The number of imide groups is 2. The van der Waals surface area contributed by atoms with E-state index in [1.54, 1.807) is 80.9 Å². The van der Waals surface area contributed by atoms with Gasteiger partial charge in [-0.1, -0.05) is 195 Å². The Bertz CT molecular complexity index is 3380. The molecule has 2 heterocycles. The Balaban J connectivity index is 0.000000224. The van der Waals surface area contributed by atoms with Crippen molar-refractivity contribution in [3.63, 3.8) is 0 Å². The van der Waals surface area contributed by atoms with Crippen molar-refractivity contribution in [2.45, 2.75) is 170 Å². The number of unbranched alkanes of at least 4 members (excludes halogenated alkanes) is 22. The minimum atomic E-state index is -3.72. The number of ether oxygens (including phenoxy) is 2. The van der Waals surface area contributed by atoms with Crippen LogP contribution in [0.15, 0.2) is 131 Å². The summed E-state index contributed by atoms with van der Waals surface area (Å²) in [5.74, 6) is -0.336. The van der Waals surface area contributed by atoms with E-state index in [0.717, 1.165) is 118 Å². The lowest BCUT2D eigenvalue weighted by atomic mass is 10.1. The molecule has 91 heavy (non-hydrogen) atoms. The summed E-state index contributed by atoms with van der Waals surface area (Å²) in [4.78, 5) is 56.1. The molecule has 498 valence electrons. The largest absolute Gasteiger partial charge is 0.396 e. The van der Waals surface area contributed by atoms with Crippen LogP contribution < -0.4 is 9.80 Å². The normalized spacial score (nSPS) is 12.7. The molecule has 0 fully saturated rings. The number of nitrogens with zero attached hydrogens (tertiary/aromatic N) is 4. The predicted molar refractivity (Wildman–Crippen MR) is 372 cm³/mol. The van der Waals surface area contributed by atoms with Crippen molar-refractivity contribution in [2.24, 2.45) is 0 Å². The highest BCUT2D eigenvalue weighted by molar-refractivity contribution is 8.14. The lowest BCUT2D eigenvalue weighted by molar-refractivity contribution is 0.0636. The number of aliphatic hydroxyl groups excluding tert-OH is 1. The average molecular weight is 1310 g/mol. The van der Waals surface area contributed by atoms with Gasteiger partial charge in [-0.15, -0.1) is 0 Å². The molecule has 18 heteroatoms. The van der Waals surface area contributed by atoms with Crippen molar-refractivity contribution < 1.29 is 50.6 Å². The van der Waals surface area contributed by atoms with Gasteiger partial charge in [0.1, 0.15) is 0 Å². The van der Waals surface area contributed by atoms with Crippen molar-refractivity contribution in [3.8, 4) is 0 Å². The number of halogens is 1. The van der Waals surface area contributed by atoms with E-state index in [0.29, 0.717) is 52.2 Å². The SMILES string of the molecule is CN(C)c1cccc2c(S(=O)(=O)Cl)cccc12.COCCCCCCCCCCCS(=O)(=O)c1cccc2c(N(C)C)cccc12.COCCCCCCCCCCN1C(=O)c2ccccc2C1=O.O=C1c2ccccc2C(=O)N1CCCCCCCCCCO. The van der Waals surface area contributed by atoms with Gasteiger partial charge in [0.15, 0.2) is 9.84 Å². The summed E-state index contributed by atoms with van der Waals surface area (Å²) in [7, 11) is 9.73. The van der Waals surface area contributed by atoms with Crippen LogP contribution in [0.5, 0.6) is 0 Å². The van der Waals surface area contributed by atoms with E-state index in [4.69, 9.17) is 25.3 Å². The fourth-order valence-electron chi connectivity index (χ4n) is 11.6. The molecule has 0 bridgehead atoms. The van der Waals surface area contributed by atoms with Gasteiger partial charge >= 0.3 is 0 Å². The third-order valence-corrected chi connectivity index (χ3v) is 19.8. The lowest BCUT2D eigenvalue weighted by Gasteiger charge is -2.17. The van der Waals surface area contributed by atoms with Crippen molar-refractivity contribution in [1.29, 1.82) is 0 Å². The Morgan fingerprint density at radius 1 is 0.374 bits per heavy atom. The summed E-state index contributed by atoms with van der Waals surface area (Å²) in [5.41, 5.74) is 4.18. The molecule has 0 atom stereocenters. The number of methoxy groups -OCH3 is 2. The smallest absolute Gasteiger partial charge is 0.261 e. The Hall–Kier alpha value is -6.21. The Labute approximate surface area is 548 Å². The number of sulfone groups is 1. The number of carbonyl (C=O) groups is 4. The number of rotatable bonds is 37. The summed E-state index contributed by atoms with van der Waals surface area (Å²) in [5, 5.41) is 12.0. The van der Waals surface area contributed by atoms with Gasteiger partial charge in [0, 0.05) is 119 Å². The summed E-state index contributed by atoms with van der Waals surface area (Å²) >= 11 is 0. The van der Waals surface area contributed by atoms with Crippen LogP contribution in [-0.2, 0) is 28.4 Å². The van der Waals surface area contributed by atoms with Crippen LogP contribution in [0.4, 0.5) is 11.4 Å². The van der Waals surface area contributed by atoms with Crippen LogP contribution in [0.3, 0.4) is 0 Å². The molecule has 0 spiro atoms. The van der Waals surface area contributed by atoms with E-state index in [-0.39, 0.29) is 34.3 Å². The minimum absolute atomic E-state index is 0.135. The molecule has 0 aliphatic carbocycles. The number of carbonyl (C=O) groups excluding carboxylic acids is 4. The van der Waals surface area contributed by atoms with Gasteiger partial charge in [0.2, 0.25) is 0 Å². The van der Waals surface area contributed by atoms with Gasteiger partial charge in [-0.3, -0.25) is 29.0 Å². The van der Waals surface area contributed by atoms with Gasteiger partial charge in [-0.2, -0.15) is 0 Å². The zero-order chi connectivity index (χ0) is 66.0. The molecule has 6 aromatic rings. The second-order valence-corrected chi connectivity index (χ2v) is 28.6. The number of fused-ring (bicyclic) bond motifs is 4. The van der Waals surface area contributed by atoms with Crippen molar-refractivity contribution in [2.75, 3.05) is 90.9 Å². The molecule has 0 saturated carbocycles. The van der Waals surface area contributed by atoms with Gasteiger partial charge in [0.25, 0.3) is 32.7 Å². The maximum absolute atomic E-state index is 13.0. The second kappa shape index (κ2) is 40.7. The van der Waals surface area contributed by atoms with Crippen LogP contribution in [0.25, 0.3) is 21.5 Å². The maximum Gasteiger partial charge on any atom is 0.261 e. The molecule has 0 unspecified atom stereocenters. The molecule has 8 rings (SSSR count). The molecule has 2 aliphatic heterocycles. The van der Waals surface area contributed by atoms with Crippen LogP contribution >= 0.6 is 10.7 Å². The number of anilines is 2. The molecule has 0 radical (unpaired) electrons. The summed E-state index contributed by atoms with van der Waals surface area (Å²) in [6.45, 7) is 3.08. The first kappa shape index (κ1) is 75.5. The summed E-state index contributed by atoms with van der Waals surface area (Å²) in [6, 6.07) is 36.2. The first-order chi connectivity index (χ1) is 43.9. The van der Waals surface area contributed by atoms with Gasteiger partial charge in [-0.25, -0.2) is 16.8 Å². The third kappa shape index (κ3) is 24.0. The molecule has 4 amide bonds. The van der Waals surface area contributed by atoms with Crippen LogP contribution in [0.2, 0.25) is 0 Å². The van der Waals surface area contributed by atoms with Gasteiger partial charge < -0.3 is 24.4 Å². The number of hydrogen-bond donors (Lipinski definition) is 1. The molecular formula is C73H101ClN4O11S2. The van der Waals surface area contributed by atoms with Crippen molar-refractivity contribution in [1.82, 2.24) is 9.80 Å². The zero-order valence-electron chi connectivity index (χ0n) is 55.0. The van der Waals surface area contributed by atoms with Crippen LogP contribution in [0.1, 0.15) is 202 Å². The van der Waals surface area contributed by atoms with E-state index in [1.165, 1.54) is 99.3 Å². The topological polar surface area (TPSA) is 188 Å². The Kier molecular flexibility index (Phi) is 33.8. The molecule has 1 N–H and O–H groups in total. The van der Waals surface area contributed by atoms with Gasteiger partial charge in [-0.05, 0) is 87.1 Å². The lowest BCUT2D eigenvalue weighted by Crippen LogP contribution is -2.30. The number of hydrogen-bond acceptors (Lipinski definition) is 13. The quantitative estimate of drug-likeness (QED) is 0.0221. The standard InChI is InChI=1S/C24H37NO3S.C19H27NO3.C18H25NO3.C12H12ClNO2S/c1-25(2)23-17-13-16-22-21(23)15-14-18-24(22)29(26,27)20-12-10-8-6-4-5-7-9-11-19-28-3;1-23-15-11-7-5-3-2-4-6-10-14-20-18(21)16-12-8-9-13-17(16)19(20)22;20-14-10-6-4-2-1-3-5-9-13-19-17(21)15-11-7-8-12-16(15)18(19)22;1-14(2)11-7-3-6-10-9(11)5-4-8-12(10)17(13,15)16/h13-18H,4-12,19-20H2,1-3H3;8-9,12-13H,2-7,10-11,14-15H2,1H3;7-8,11-12,20H,1-6,9-10,13-14H2;3-8H,1-2H3. The molecule has 0 saturated heterocycles.